The van der Waals surface area contributed by atoms with Gasteiger partial charge in [-0.2, -0.15) is 0 Å². The number of carbonyl (C=O) groups excluding carboxylic acids is 1. The fourth-order valence-corrected chi connectivity index (χ4v) is 2.91. The Hall–Kier alpha value is -2.05. The summed E-state index contributed by atoms with van der Waals surface area (Å²) < 4.78 is 0.531. The summed E-state index contributed by atoms with van der Waals surface area (Å²) in [5.41, 5.74) is 6.69. The third-order valence-corrected chi connectivity index (χ3v) is 4.13. The lowest BCUT2D eigenvalue weighted by molar-refractivity contribution is 0.0697. The molecule has 3 N–H and O–H groups in total. The molecule has 5 nitrogen and oxygen atoms in total. The maximum Gasteiger partial charge on any atom is 0.335 e. The van der Waals surface area contributed by atoms with Gasteiger partial charge in [0.05, 0.1) is 26.2 Å². The summed E-state index contributed by atoms with van der Waals surface area (Å²) in [6, 6.07) is 7.61. The van der Waals surface area contributed by atoms with Gasteiger partial charge in [-0.15, -0.1) is 11.3 Å². The van der Waals surface area contributed by atoms with Crippen molar-refractivity contribution in [2.45, 2.75) is 6.92 Å². The number of hydrogen-bond donors (Lipinski definition) is 2. The van der Waals surface area contributed by atoms with E-state index in [1.165, 1.54) is 34.4 Å². The molecule has 2 rings (SSSR count). The van der Waals surface area contributed by atoms with Gasteiger partial charge < -0.3 is 15.7 Å². The minimum Gasteiger partial charge on any atom is -0.478 e. The molecule has 0 bridgehead atoms. The van der Waals surface area contributed by atoms with Gasteiger partial charge >= 0.3 is 5.97 Å². The Balaban J connectivity index is 2.37. The molecule has 7 heteroatoms. The molecule has 1 amide bonds. The van der Waals surface area contributed by atoms with Crippen LogP contribution in [0.1, 0.15) is 27.0 Å². The van der Waals surface area contributed by atoms with E-state index >= 15 is 0 Å². The van der Waals surface area contributed by atoms with Crippen LogP contribution in [0.15, 0.2) is 30.3 Å². The van der Waals surface area contributed by atoms with E-state index in [4.69, 9.17) is 22.4 Å². The molecular weight excluding hydrogens is 312 g/mol. The Morgan fingerprint density at radius 2 is 2.05 bits per heavy atom. The highest BCUT2D eigenvalue weighted by Gasteiger charge is 2.20. The van der Waals surface area contributed by atoms with Crippen LogP contribution in [0.2, 0.25) is 4.34 Å². The molecule has 0 aliphatic rings. The van der Waals surface area contributed by atoms with Crippen molar-refractivity contribution in [2.75, 3.05) is 17.2 Å². The Bertz CT molecular complexity index is 699. The minimum absolute atomic E-state index is 0.0823. The van der Waals surface area contributed by atoms with Crippen LogP contribution >= 0.6 is 22.9 Å². The third kappa shape index (κ3) is 3.17. The van der Waals surface area contributed by atoms with Crippen LogP contribution in [-0.2, 0) is 0 Å². The molecule has 0 saturated carbocycles. The number of thiophene rings is 1. The predicted octanol–water partition coefficient (Wildman–Crippen LogP) is 3.35. The summed E-state index contributed by atoms with van der Waals surface area (Å²) in [4.78, 5) is 25.4. The molecule has 0 fully saturated rings. The Morgan fingerprint density at radius 1 is 1.33 bits per heavy atom. The van der Waals surface area contributed by atoms with Gasteiger partial charge in [-0.3, -0.25) is 4.79 Å². The molecule has 0 radical (unpaired) electrons. The molecule has 0 aliphatic heterocycles. The number of anilines is 2. The smallest absolute Gasteiger partial charge is 0.335 e. The van der Waals surface area contributed by atoms with E-state index in [1.54, 1.807) is 12.1 Å². The van der Waals surface area contributed by atoms with Crippen LogP contribution in [0.25, 0.3) is 0 Å². The molecule has 21 heavy (non-hydrogen) atoms. The number of carboxylic acids is 1. The lowest BCUT2D eigenvalue weighted by atomic mass is 10.1. The van der Waals surface area contributed by atoms with Crippen LogP contribution in [0.5, 0.6) is 0 Å². The molecule has 2 aromatic rings. The fourth-order valence-electron chi connectivity index (χ4n) is 1.92. The van der Waals surface area contributed by atoms with Gasteiger partial charge in [0, 0.05) is 6.54 Å². The highest BCUT2D eigenvalue weighted by Crippen LogP contribution is 2.29. The topological polar surface area (TPSA) is 83.6 Å². The van der Waals surface area contributed by atoms with Crippen LogP contribution in [0, 0.1) is 0 Å². The maximum atomic E-state index is 12.5. The lowest BCUT2D eigenvalue weighted by Crippen LogP contribution is -2.30. The van der Waals surface area contributed by atoms with Crippen LogP contribution in [-0.4, -0.2) is 23.5 Å². The number of nitrogen functional groups attached to an aromatic ring is 1. The van der Waals surface area contributed by atoms with E-state index in [2.05, 4.69) is 0 Å². The normalized spacial score (nSPS) is 10.4. The van der Waals surface area contributed by atoms with Crippen LogP contribution < -0.4 is 10.6 Å². The third-order valence-electron chi connectivity index (χ3n) is 2.91. The van der Waals surface area contributed by atoms with Crippen molar-refractivity contribution in [3.63, 3.8) is 0 Å². The van der Waals surface area contributed by atoms with Crippen molar-refractivity contribution in [1.82, 2.24) is 0 Å². The highest BCUT2D eigenvalue weighted by molar-refractivity contribution is 7.18. The number of carbonyl (C=O) groups is 2. The SMILES string of the molecule is CCN(C(=O)c1ccc(Cl)s1)c1ccc(C(=O)O)cc1N. The zero-order valence-corrected chi connectivity index (χ0v) is 12.7. The second-order valence-electron chi connectivity index (χ2n) is 4.23. The average molecular weight is 325 g/mol. The number of nitrogens with zero attached hydrogens (tertiary/aromatic N) is 1. The maximum absolute atomic E-state index is 12.5. The highest BCUT2D eigenvalue weighted by atomic mass is 35.5. The Labute approximate surface area is 130 Å². The first kappa shape index (κ1) is 15.3. The summed E-state index contributed by atoms with van der Waals surface area (Å²) in [6.07, 6.45) is 0. The molecule has 0 atom stereocenters. The molecule has 0 unspecified atom stereocenters. The van der Waals surface area contributed by atoms with E-state index in [0.717, 1.165) is 0 Å². The summed E-state index contributed by atoms with van der Waals surface area (Å²) >= 11 is 7.03. The van der Waals surface area contributed by atoms with Crippen molar-refractivity contribution in [2.24, 2.45) is 0 Å². The summed E-state index contributed by atoms with van der Waals surface area (Å²) in [5, 5.41) is 8.94. The number of halogens is 1. The zero-order valence-electron chi connectivity index (χ0n) is 11.2. The van der Waals surface area contributed by atoms with Crippen molar-refractivity contribution >= 4 is 46.2 Å². The molecule has 0 aliphatic carbocycles. The number of carboxylic acid groups (broad SMARTS) is 1. The number of rotatable bonds is 4. The van der Waals surface area contributed by atoms with E-state index in [-0.39, 0.29) is 17.2 Å². The fraction of sp³-hybridized carbons (Fsp3) is 0.143. The molecule has 0 saturated heterocycles. The molecule has 1 heterocycles. The first-order chi connectivity index (χ1) is 9.93. The van der Waals surface area contributed by atoms with Gasteiger partial charge in [-0.1, -0.05) is 11.6 Å². The zero-order chi connectivity index (χ0) is 15.6. The average Bonchev–Trinajstić information content (AvgIpc) is 2.87. The Morgan fingerprint density at radius 3 is 2.52 bits per heavy atom. The van der Waals surface area contributed by atoms with Crippen molar-refractivity contribution in [1.29, 1.82) is 0 Å². The molecule has 1 aromatic heterocycles. The number of aromatic carboxylic acids is 1. The first-order valence-corrected chi connectivity index (χ1v) is 7.33. The van der Waals surface area contributed by atoms with Gasteiger partial charge in [0.2, 0.25) is 0 Å². The second kappa shape index (κ2) is 6.15. The number of amides is 1. The minimum atomic E-state index is -1.06. The van der Waals surface area contributed by atoms with Gasteiger partial charge in [0.1, 0.15) is 0 Å². The van der Waals surface area contributed by atoms with Gasteiger partial charge in [-0.25, -0.2) is 4.79 Å². The lowest BCUT2D eigenvalue weighted by Gasteiger charge is -2.22. The molecule has 0 spiro atoms. The van der Waals surface area contributed by atoms with E-state index in [0.29, 0.717) is 21.4 Å². The largest absolute Gasteiger partial charge is 0.478 e. The summed E-state index contributed by atoms with van der Waals surface area (Å²) in [5.74, 6) is -1.28. The predicted molar refractivity (Wildman–Crippen MR) is 84.5 cm³/mol. The van der Waals surface area contributed by atoms with Crippen LogP contribution in [0.3, 0.4) is 0 Å². The van der Waals surface area contributed by atoms with Gasteiger partial charge in [0.25, 0.3) is 5.91 Å². The standard InChI is InChI=1S/C14H13ClN2O3S/c1-2-17(13(18)11-5-6-12(15)21-11)10-4-3-8(14(19)20)7-9(10)16/h3-7H,2,16H2,1H3,(H,19,20). The van der Waals surface area contributed by atoms with Gasteiger partial charge in [0.15, 0.2) is 0 Å². The second-order valence-corrected chi connectivity index (χ2v) is 5.95. The van der Waals surface area contributed by atoms with Crippen molar-refractivity contribution < 1.29 is 14.7 Å². The number of nitrogens with two attached hydrogens (primary N) is 1. The Kier molecular flexibility index (Phi) is 4.50. The van der Waals surface area contributed by atoms with Crippen LogP contribution in [0.4, 0.5) is 11.4 Å². The molecule has 1 aromatic carbocycles. The van der Waals surface area contributed by atoms with E-state index in [9.17, 15) is 9.59 Å². The molecule has 110 valence electrons. The summed E-state index contributed by atoms with van der Waals surface area (Å²) in [7, 11) is 0. The van der Waals surface area contributed by atoms with Crippen molar-refractivity contribution in [3.05, 3.63) is 45.1 Å². The number of hydrogen-bond acceptors (Lipinski definition) is 4. The number of benzene rings is 1. The van der Waals surface area contributed by atoms with Gasteiger partial charge in [-0.05, 0) is 37.3 Å². The quantitative estimate of drug-likeness (QED) is 0.845. The van der Waals surface area contributed by atoms with Crippen molar-refractivity contribution in [3.8, 4) is 0 Å². The molecular formula is C14H13ClN2O3S. The monoisotopic (exact) mass is 324 g/mol. The van der Waals surface area contributed by atoms with E-state index in [1.807, 2.05) is 6.92 Å². The van der Waals surface area contributed by atoms with E-state index < -0.39 is 5.97 Å². The summed E-state index contributed by atoms with van der Waals surface area (Å²) in [6.45, 7) is 2.22. The first-order valence-electron chi connectivity index (χ1n) is 6.14.